The quantitative estimate of drug-likeness (QED) is 0.0587. The number of hydrogen-bond acceptors (Lipinski definition) is 9. The molecule has 41 heavy (non-hydrogen) atoms. The molecule has 220 valence electrons. The number of likely N-dealkylation sites (N-methyl/N-ethyl adjacent to an activating group) is 1. The fraction of sp³-hybridized carbons (Fsp3) is 0.217. The largest absolute Gasteiger partial charge is 0.481 e. The Bertz CT molecular complexity index is 1470. The van der Waals surface area contributed by atoms with Crippen LogP contribution in [-0.4, -0.2) is 83.4 Å². The third-order valence-electron chi connectivity index (χ3n) is 5.09. The Morgan fingerprint density at radius 2 is 1.63 bits per heavy atom. The van der Waals surface area contributed by atoms with Crippen LogP contribution in [0.3, 0.4) is 0 Å². The predicted molar refractivity (Wildman–Crippen MR) is 140 cm³/mol. The van der Waals surface area contributed by atoms with Gasteiger partial charge in [-0.2, -0.15) is 17.4 Å². The molecule has 0 fully saturated rings. The molecule has 1 atom stereocenters. The summed E-state index contributed by atoms with van der Waals surface area (Å²) in [6, 6.07) is 7.17. The van der Waals surface area contributed by atoms with E-state index in [1.165, 1.54) is 36.4 Å². The number of carboxylic acids is 3. The second-order valence-corrected chi connectivity index (χ2v) is 10.1. The minimum absolute atomic E-state index is 0.0457. The molecule has 17 nitrogen and oxygen atoms in total. The van der Waals surface area contributed by atoms with Crippen LogP contribution in [0.15, 0.2) is 47.5 Å². The molecular weight excluding hydrogens is 568 g/mol. The number of hydrogen-bond donors (Lipinski definition) is 7. The Morgan fingerprint density at radius 3 is 2.17 bits per heavy atom. The van der Waals surface area contributed by atoms with Gasteiger partial charge in [-0.05, 0) is 42.0 Å². The van der Waals surface area contributed by atoms with E-state index in [-0.39, 0.29) is 28.4 Å². The van der Waals surface area contributed by atoms with E-state index < -0.39 is 65.5 Å². The zero-order valence-corrected chi connectivity index (χ0v) is 22.1. The van der Waals surface area contributed by atoms with Crippen molar-refractivity contribution in [1.29, 1.82) is 0 Å². The monoisotopic (exact) mass is 594 g/mol. The number of guanidine groups is 1. The molecule has 0 heterocycles. The molecule has 0 aliphatic rings. The molecule has 2 aromatic carbocycles. The molecule has 0 unspecified atom stereocenters. The van der Waals surface area contributed by atoms with Crippen molar-refractivity contribution in [2.24, 2.45) is 16.5 Å². The molecule has 0 radical (unpaired) electrons. The summed E-state index contributed by atoms with van der Waals surface area (Å²) in [7, 11) is -3.34. The van der Waals surface area contributed by atoms with Gasteiger partial charge < -0.3 is 36.8 Å². The number of ether oxygens (including phenoxy) is 1. The van der Waals surface area contributed by atoms with Crippen molar-refractivity contribution in [2.45, 2.75) is 19.0 Å². The lowest BCUT2D eigenvalue weighted by atomic mass is 10.1. The number of aliphatic carboxylic acids is 3. The van der Waals surface area contributed by atoms with Crippen molar-refractivity contribution in [3.8, 4) is 5.75 Å². The fourth-order valence-corrected chi connectivity index (χ4v) is 3.98. The summed E-state index contributed by atoms with van der Waals surface area (Å²) in [6.45, 7) is -1.44. The highest BCUT2D eigenvalue weighted by molar-refractivity contribution is 7.87. The van der Waals surface area contributed by atoms with Crippen LogP contribution in [0.5, 0.6) is 5.75 Å². The number of carbonyl (C=O) groups excluding carboxylic acids is 2. The zero-order valence-electron chi connectivity index (χ0n) is 21.3. The second kappa shape index (κ2) is 13.8. The van der Waals surface area contributed by atoms with Gasteiger partial charge >= 0.3 is 23.9 Å². The summed E-state index contributed by atoms with van der Waals surface area (Å²) in [5.41, 5.74) is 10.6. The minimum Gasteiger partial charge on any atom is -0.481 e. The number of nitrogens with two attached hydrogens (primary N) is 2. The SMILES string of the molecule is CN(CC(=O)O)S(=O)(=O)NCc1ccc(OC(=O)c2ccc(N=C(N)N)cc2)cc1C(=O)N[C@@H](CC(=O)O)C(=O)O. The first-order valence-corrected chi connectivity index (χ1v) is 12.8. The molecule has 1 amide bonds. The molecule has 0 aliphatic heterocycles. The van der Waals surface area contributed by atoms with E-state index in [0.717, 1.165) is 13.1 Å². The lowest BCUT2D eigenvalue weighted by Gasteiger charge is -2.18. The van der Waals surface area contributed by atoms with Crippen molar-refractivity contribution in [1.82, 2.24) is 14.3 Å². The Labute approximate surface area is 232 Å². The van der Waals surface area contributed by atoms with Gasteiger partial charge in [0.15, 0.2) is 5.96 Å². The van der Waals surface area contributed by atoms with Gasteiger partial charge in [0, 0.05) is 19.2 Å². The lowest BCUT2D eigenvalue weighted by molar-refractivity contribution is -0.145. The number of nitrogens with zero attached hydrogens (tertiary/aromatic N) is 2. The van der Waals surface area contributed by atoms with Crippen LogP contribution in [0.25, 0.3) is 0 Å². The van der Waals surface area contributed by atoms with E-state index in [1.54, 1.807) is 0 Å². The van der Waals surface area contributed by atoms with Gasteiger partial charge in [-0.15, -0.1) is 0 Å². The smallest absolute Gasteiger partial charge is 0.343 e. The molecule has 0 spiro atoms. The number of esters is 1. The maximum absolute atomic E-state index is 13.0. The van der Waals surface area contributed by atoms with Gasteiger partial charge in [0.1, 0.15) is 18.3 Å². The molecule has 0 bridgehead atoms. The third kappa shape index (κ3) is 9.88. The molecule has 2 rings (SSSR count). The summed E-state index contributed by atoms with van der Waals surface area (Å²) in [4.78, 5) is 62.8. The number of aliphatic imine (C=N–C) groups is 1. The van der Waals surface area contributed by atoms with Crippen LogP contribution in [0.4, 0.5) is 5.69 Å². The van der Waals surface area contributed by atoms with E-state index >= 15 is 0 Å². The fourth-order valence-electron chi connectivity index (χ4n) is 3.14. The standard InChI is InChI=1S/C23H26N6O11S/c1-29(11-19(32)33)41(38,39)26-10-13-4-7-15(8-16(13)20(34)28-17(21(35)36)9-18(30)31)40-22(37)12-2-5-14(6-3-12)27-23(24)25/h2-8,17,26H,9-11H2,1H3,(H,28,34)(H,30,31)(H,32,33)(H,35,36)(H4,24,25,27)/t17-/m0/s1. The Morgan fingerprint density at radius 1 is 1.00 bits per heavy atom. The average molecular weight is 595 g/mol. The molecule has 0 saturated heterocycles. The van der Waals surface area contributed by atoms with Gasteiger partial charge in [-0.1, -0.05) is 6.07 Å². The third-order valence-corrected chi connectivity index (χ3v) is 6.55. The summed E-state index contributed by atoms with van der Waals surface area (Å²) in [5.74, 6) is -6.97. The Balaban J connectivity index is 2.38. The number of rotatable bonds is 14. The molecule has 0 aromatic heterocycles. The molecular formula is C23H26N6O11S. The van der Waals surface area contributed by atoms with Crippen molar-refractivity contribution >= 4 is 51.6 Å². The molecule has 9 N–H and O–H groups in total. The molecule has 0 saturated carbocycles. The van der Waals surface area contributed by atoms with E-state index in [0.29, 0.717) is 9.99 Å². The molecule has 2 aromatic rings. The zero-order chi connectivity index (χ0) is 30.9. The van der Waals surface area contributed by atoms with Crippen LogP contribution in [0.2, 0.25) is 0 Å². The van der Waals surface area contributed by atoms with Gasteiger partial charge in [0.05, 0.1) is 17.7 Å². The molecule has 0 aliphatic carbocycles. The van der Waals surface area contributed by atoms with Crippen LogP contribution >= 0.6 is 0 Å². The maximum atomic E-state index is 13.0. The van der Waals surface area contributed by atoms with Crippen molar-refractivity contribution in [3.05, 3.63) is 59.2 Å². The first-order valence-electron chi connectivity index (χ1n) is 11.3. The van der Waals surface area contributed by atoms with E-state index in [4.69, 9.17) is 26.4 Å². The first-order chi connectivity index (χ1) is 19.1. The van der Waals surface area contributed by atoms with Gasteiger partial charge in [0.2, 0.25) is 0 Å². The summed E-state index contributed by atoms with van der Waals surface area (Å²) >= 11 is 0. The second-order valence-electron chi connectivity index (χ2n) is 8.23. The van der Waals surface area contributed by atoms with E-state index in [9.17, 15) is 37.5 Å². The van der Waals surface area contributed by atoms with Crippen LogP contribution in [0.1, 0.15) is 32.7 Å². The van der Waals surface area contributed by atoms with E-state index in [1.807, 2.05) is 5.32 Å². The van der Waals surface area contributed by atoms with Gasteiger partial charge in [-0.25, -0.2) is 14.6 Å². The normalized spacial score (nSPS) is 11.8. The highest BCUT2D eigenvalue weighted by atomic mass is 32.2. The van der Waals surface area contributed by atoms with Gasteiger partial charge in [-0.3, -0.25) is 14.4 Å². The number of carbonyl (C=O) groups is 5. The number of benzene rings is 2. The molecule has 18 heteroatoms. The summed E-state index contributed by atoms with van der Waals surface area (Å²) in [6.07, 6.45) is -0.965. The number of amides is 1. The summed E-state index contributed by atoms with van der Waals surface area (Å²) in [5, 5.41) is 29.1. The number of nitrogens with one attached hydrogen (secondary N) is 2. The van der Waals surface area contributed by atoms with Crippen LogP contribution in [-0.2, 0) is 31.1 Å². The highest BCUT2D eigenvalue weighted by Crippen LogP contribution is 2.21. The minimum atomic E-state index is -4.34. The van der Waals surface area contributed by atoms with Crippen molar-refractivity contribution < 1.29 is 52.4 Å². The van der Waals surface area contributed by atoms with Crippen LogP contribution < -0.4 is 26.2 Å². The average Bonchev–Trinajstić information content (AvgIpc) is 2.86. The summed E-state index contributed by atoms with van der Waals surface area (Å²) < 4.78 is 32.6. The number of carboxylic acid groups (broad SMARTS) is 3. The Kier molecular flexibility index (Phi) is 10.8. The van der Waals surface area contributed by atoms with Crippen molar-refractivity contribution in [3.63, 3.8) is 0 Å². The van der Waals surface area contributed by atoms with E-state index in [2.05, 4.69) is 9.71 Å². The first kappa shape index (κ1) is 32.1. The predicted octanol–water partition coefficient (Wildman–Crippen LogP) is -1.18. The lowest BCUT2D eigenvalue weighted by Crippen LogP contribution is -2.43. The topological polar surface area (TPSA) is 281 Å². The van der Waals surface area contributed by atoms with Crippen molar-refractivity contribution in [2.75, 3.05) is 13.6 Å². The Hall–Kier alpha value is -5.07. The van der Waals surface area contributed by atoms with Gasteiger partial charge in [0.25, 0.3) is 16.1 Å². The maximum Gasteiger partial charge on any atom is 0.343 e. The highest BCUT2D eigenvalue weighted by Gasteiger charge is 2.26. The van der Waals surface area contributed by atoms with Crippen LogP contribution in [0, 0.1) is 0 Å².